The molecule has 17 heavy (non-hydrogen) atoms. The highest BCUT2D eigenvalue weighted by molar-refractivity contribution is 5.13. The van der Waals surface area contributed by atoms with Crippen molar-refractivity contribution in [3.05, 3.63) is 23.7 Å². The molecule has 1 aliphatic rings. The third kappa shape index (κ3) is 2.40. The fourth-order valence-electron chi connectivity index (χ4n) is 2.88. The topological polar surface area (TPSA) is 59.4 Å². The van der Waals surface area contributed by atoms with Gasteiger partial charge >= 0.3 is 0 Å². The summed E-state index contributed by atoms with van der Waals surface area (Å²) >= 11 is 0. The van der Waals surface area contributed by atoms with Gasteiger partial charge in [-0.2, -0.15) is 0 Å². The number of aliphatic hydroxyl groups excluding tert-OH is 1. The number of hydrogen-bond donors (Lipinski definition) is 2. The van der Waals surface area contributed by atoms with Gasteiger partial charge < -0.3 is 15.3 Å². The van der Waals surface area contributed by atoms with Crippen LogP contribution < -0.4 is 5.73 Å². The Balaban J connectivity index is 2.18. The largest absolute Gasteiger partial charge is 0.463 e. The van der Waals surface area contributed by atoms with Crippen molar-refractivity contribution in [1.82, 2.24) is 0 Å². The summed E-state index contributed by atoms with van der Waals surface area (Å²) in [5.74, 6) is 1.62. The number of aliphatic hydroxyl groups is 1. The lowest BCUT2D eigenvalue weighted by Gasteiger charge is -2.39. The first-order chi connectivity index (χ1) is 8.22. The second-order valence-electron chi connectivity index (χ2n) is 5.19. The van der Waals surface area contributed by atoms with Crippen molar-refractivity contribution in [1.29, 1.82) is 0 Å². The highest BCUT2D eigenvalue weighted by atomic mass is 16.4. The third-order valence-corrected chi connectivity index (χ3v) is 4.14. The molecular formula is C14H23NO2. The molecule has 3 nitrogen and oxygen atoms in total. The Kier molecular flexibility index (Phi) is 3.89. The molecule has 0 amide bonds. The van der Waals surface area contributed by atoms with E-state index in [-0.39, 0.29) is 5.41 Å². The molecule has 1 saturated carbocycles. The average molecular weight is 237 g/mol. The Morgan fingerprint density at radius 2 is 2.06 bits per heavy atom. The van der Waals surface area contributed by atoms with Crippen LogP contribution >= 0.6 is 0 Å². The molecule has 1 aromatic rings. The fraction of sp³-hybridized carbons (Fsp3) is 0.714. The summed E-state index contributed by atoms with van der Waals surface area (Å²) in [6.07, 6.45) is 5.91. The van der Waals surface area contributed by atoms with Crippen molar-refractivity contribution >= 4 is 0 Å². The molecule has 0 aromatic carbocycles. The van der Waals surface area contributed by atoms with E-state index < -0.39 is 6.10 Å². The van der Waals surface area contributed by atoms with E-state index in [1.807, 2.05) is 19.1 Å². The summed E-state index contributed by atoms with van der Waals surface area (Å²) < 4.78 is 5.67. The lowest BCUT2D eigenvalue weighted by atomic mass is 9.69. The lowest BCUT2D eigenvalue weighted by molar-refractivity contribution is -0.0137. The van der Waals surface area contributed by atoms with E-state index in [4.69, 9.17) is 10.2 Å². The van der Waals surface area contributed by atoms with Crippen molar-refractivity contribution in [2.75, 3.05) is 6.54 Å². The van der Waals surface area contributed by atoms with Gasteiger partial charge in [0.25, 0.3) is 0 Å². The molecule has 1 heterocycles. The normalized spacial score (nSPS) is 21.4. The predicted molar refractivity (Wildman–Crippen MR) is 67.6 cm³/mol. The molecule has 96 valence electrons. The van der Waals surface area contributed by atoms with Crippen LogP contribution in [0.15, 0.2) is 16.5 Å². The smallest absolute Gasteiger partial charge is 0.133 e. The number of rotatable bonds is 4. The number of nitrogens with two attached hydrogens (primary N) is 1. The van der Waals surface area contributed by atoms with Crippen LogP contribution in [0.4, 0.5) is 0 Å². The first-order valence-corrected chi connectivity index (χ1v) is 6.68. The number of furan rings is 1. The maximum absolute atomic E-state index is 10.5. The van der Waals surface area contributed by atoms with Crippen LogP contribution in [0.3, 0.4) is 0 Å². The molecule has 0 saturated heterocycles. The summed E-state index contributed by atoms with van der Waals surface area (Å²) in [6, 6.07) is 3.85. The summed E-state index contributed by atoms with van der Waals surface area (Å²) in [6.45, 7) is 2.59. The Labute approximate surface area is 103 Å². The Bertz CT molecular complexity index is 353. The first-order valence-electron chi connectivity index (χ1n) is 6.68. The fourth-order valence-corrected chi connectivity index (χ4v) is 2.88. The molecule has 0 spiro atoms. The van der Waals surface area contributed by atoms with Crippen molar-refractivity contribution in [2.45, 2.75) is 51.6 Å². The van der Waals surface area contributed by atoms with Crippen LogP contribution in [0.1, 0.15) is 56.7 Å². The minimum atomic E-state index is -0.548. The monoisotopic (exact) mass is 237 g/mol. The van der Waals surface area contributed by atoms with Crippen LogP contribution in [-0.2, 0) is 6.42 Å². The second kappa shape index (κ2) is 5.23. The average Bonchev–Trinajstić information content (AvgIpc) is 2.87. The summed E-state index contributed by atoms with van der Waals surface area (Å²) in [7, 11) is 0. The summed E-state index contributed by atoms with van der Waals surface area (Å²) in [5, 5.41) is 10.5. The van der Waals surface area contributed by atoms with Gasteiger partial charge in [-0.05, 0) is 25.0 Å². The van der Waals surface area contributed by atoms with Gasteiger partial charge in [0, 0.05) is 18.4 Å². The van der Waals surface area contributed by atoms with Crippen molar-refractivity contribution in [3.63, 3.8) is 0 Å². The molecule has 0 aliphatic heterocycles. The van der Waals surface area contributed by atoms with Crippen LogP contribution in [-0.4, -0.2) is 11.7 Å². The zero-order valence-corrected chi connectivity index (χ0v) is 10.6. The van der Waals surface area contributed by atoms with Crippen LogP contribution in [0, 0.1) is 5.41 Å². The minimum absolute atomic E-state index is 0.166. The molecule has 3 N–H and O–H groups in total. The standard InChI is InChI=1S/C14H23NO2/c1-2-11-6-7-12(17-11)13(16)14(10-15)8-4-3-5-9-14/h6-7,13,16H,2-5,8-10,15H2,1H3. The number of hydrogen-bond acceptors (Lipinski definition) is 3. The van der Waals surface area contributed by atoms with Crippen molar-refractivity contribution in [3.8, 4) is 0 Å². The van der Waals surface area contributed by atoms with Crippen LogP contribution in [0.2, 0.25) is 0 Å². The molecular weight excluding hydrogens is 214 g/mol. The van der Waals surface area contributed by atoms with Gasteiger partial charge in [0.15, 0.2) is 0 Å². The van der Waals surface area contributed by atoms with Gasteiger partial charge in [-0.15, -0.1) is 0 Å². The molecule has 2 rings (SSSR count). The van der Waals surface area contributed by atoms with E-state index in [1.165, 1.54) is 6.42 Å². The summed E-state index contributed by atoms with van der Waals surface area (Å²) in [4.78, 5) is 0. The van der Waals surface area contributed by atoms with E-state index in [2.05, 4.69) is 0 Å². The highest BCUT2D eigenvalue weighted by Gasteiger charge is 2.40. The molecule has 0 radical (unpaired) electrons. The Morgan fingerprint density at radius 3 is 2.59 bits per heavy atom. The van der Waals surface area contributed by atoms with Gasteiger partial charge in [-0.3, -0.25) is 0 Å². The highest BCUT2D eigenvalue weighted by Crippen LogP contribution is 2.45. The predicted octanol–water partition coefficient (Wildman–Crippen LogP) is 2.78. The summed E-state index contributed by atoms with van der Waals surface area (Å²) in [5.41, 5.74) is 5.75. The van der Waals surface area contributed by atoms with Gasteiger partial charge in [0.2, 0.25) is 0 Å². The van der Waals surface area contributed by atoms with Crippen LogP contribution in [0.25, 0.3) is 0 Å². The Hall–Kier alpha value is -0.800. The second-order valence-corrected chi connectivity index (χ2v) is 5.19. The molecule has 1 fully saturated rings. The Morgan fingerprint density at radius 1 is 1.35 bits per heavy atom. The third-order valence-electron chi connectivity index (χ3n) is 4.14. The molecule has 1 aliphatic carbocycles. The zero-order valence-electron chi connectivity index (χ0n) is 10.6. The maximum atomic E-state index is 10.5. The van der Waals surface area contributed by atoms with E-state index >= 15 is 0 Å². The number of aryl methyl sites for hydroxylation is 1. The van der Waals surface area contributed by atoms with Crippen molar-refractivity contribution < 1.29 is 9.52 Å². The lowest BCUT2D eigenvalue weighted by Crippen LogP contribution is -2.38. The zero-order chi connectivity index (χ0) is 12.3. The van der Waals surface area contributed by atoms with Gasteiger partial charge in [0.1, 0.15) is 17.6 Å². The first kappa shape index (κ1) is 12.7. The van der Waals surface area contributed by atoms with Gasteiger partial charge in [-0.1, -0.05) is 26.2 Å². The van der Waals surface area contributed by atoms with Crippen LogP contribution in [0.5, 0.6) is 0 Å². The molecule has 1 unspecified atom stereocenters. The van der Waals surface area contributed by atoms with E-state index in [0.29, 0.717) is 12.3 Å². The SMILES string of the molecule is CCc1ccc(C(O)C2(CN)CCCCC2)o1. The molecule has 3 heteroatoms. The quantitative estimate of drug-likeness (QED) is 0.846. The van der Waals surface area contributed by atoms with Crippen molar-refractivity contribution in [2.24, 2.45) is 11.1 Å². The van der Waals surface area contributed by atoms with Gasteiger partial charge in [0.05, 0.1) is 0 Å². The maximum Gasteiger partial charge on any atom is 0.133 e. The minimum Gasteiger partial charge on any atom is -0.463 e. The van der Waals surface area contributed by atoms with Gasteiger partial charge in [-0.25, -0.2) is 0 Å². The molecule has 1 aromatic heterocycles. The van der Waals surface area contributed by atoms with E-state index in [0.717, 1.165) is 37.9 Å². The van der Waals surface area contributed by atoms with E-state index in [9.17, 15) is 5.11 Å². The molecule has 1 atom stereocenters. The molecule has 0 bridgehead atoms. The van der Waals surface area contributed by atoms with E-state index in [1.54, 1.807) is 0 Å².